The van der Waals surface area contributed by atoms with Gasteiger partial charge in [-0.25, -0.2) is 0 Å². The molecule has 0 saturated heterocycles. The van der Waals surface area contributed by atoms with Crippen molar-refractivity contribution in [3.63, 3.8) is 0 Å². The molecule has 0 spiro atoms. The topological polar surface area (TPSA) is 63.2 Å². The Balaban J connectivity index is 2.24. The van der Waals surface area contributed by atoms with Crippen LogP contribution in [0.2, 0.25) is 0 Å². The zero-order valence-corrected chi connectivity index (χ0v) is 17.2. The molecule has 1 N–H and O–H groups in total. The SMILES string of the molecule is CC#Cc1cc(C)c(C2C(=O)CC(CC(=O)NC(C)(C)CC)C2=O)c(C)c1. The second kappa shape index (κ2) is 8.08. The minimum Gasteiger partial charge on any atom is -0.351 e. The van der Waals surface area contributed by atoms with Gasteiger partial charge in [0.05, 0.1) is 0 Å². The lowest BCUT2D eigenvalue weighted by Gasteiger charge is -2.25. The number of carbonyl (C=O) groups excluding carboxylic acids is 3. The molecule has 0 heterocycles. The molecule has 0 aliphatic heterocycles. The van der Waals surface area contributed by atoms with Crippen molar-refractivity contribution < 1.29 is 14.4 Å². The van der Waals surface area contributed by atoms with Crippen molar-refractivity contribution in [1.82, 2.24) is 5.32 Å². The van der Waals surface area contributed by atoms with Crippen LogP contribution in [0, 0.1) is 31.6 Å². The van der Waals surface area contributed by atoms with Gasteiger partial charge in [0.1, 0.15) is 11.7 Å². The van der Waals surface area contributed by atoms with Gasteiger partial charge in [0.25, 0.3) is 0 Å². The largest absolute Gasteiger partial charge is 0.351 e. The van der Waals surface area contributed by atoms with Crippen molar-refractivity contribution in [2.75, 3.05) is 0 Å². The first-order valence-corrected chi connectivity index (χ1v) is 9.51. The lowest BCUT2D eigenvalue weighted by molar-refractivity contribution is -0.129. The molecule has 0 radical (unpaired) electrons. The molecular formula is C23H29NO3. The fourth-order valence-electron chi connectivity index (χ4n) is 3.72. The van der Waals surface area contributed by atoms with E-state index in [0.29, 0.717) is 0 Å². The maximum absolute atomic E-state index is 13.0. The Bertz CT molecular complexity index is 816. The minimum atomic E-state index is -0.759. The summed E-state index contributed by atoms with van der Waals surface area (Å²) in [6.45, 7) is 11.5. The molecule has 1 aromatic carbocycles. The quantitative estimate of drug-likeness (QED) is 0.639. The number of hydrogen-bond acceptors (Lipinski definition) is 3. The first-order chi connectivity index (χ1) is 12.6. The van der Waals surface area contributed by atoms with Crippen molar-refractivity contribution in [2.24, 2.45) is 5.92 Å². The van der Waals surface area contributed by atoms with Gasteiger partial charge in [-0.2, -0.15) is 0 Å². The number of amides is 1. The molecule has 1 aromatic rings. The summed E-state index contributed by atoms with van der Waals surface area (Å²) in [7, 11) is 0. The maximum Gasteiger partial charge on any atom is 0.221 e. The Morgan fingerprint density at radius 2 is 1.81 bits per heavy atom. The van der Waals surface area contributed by atoms with Crippen molar-refractivity contribution in [3.8, 4) is 11.8 Å². The summed E-state index contributed by atoms with van der Waals surface area (Å²) in [6.07, 6.45) is 1.01. The number of Topliss-reactive ketones (excluding diaryl/α,β-unsaturated/α-hetero) is 2. The standard InChI is InChI=1S/C23H29NO3/c1-7-9-16-10-14(3)20(15(4)11-16)21-18(25)12-17(22(21)27)13-19(26)24-23(5,6)8-2/h10-11,17,21H,8,12-13H2,1-6H3,(H,24,26). The molecule has 2 atom stereocenters. The van der Waals surface area contributed by atoms with E-state index in [9.17, 15) is 14.4 Å². The highest BCUT2D eigenvalue weighted by Crippen LogP contribution is 2.37. The number of ketones is 2. The van der Waals surface area contributed by atoms with E-state index in [1.807, 2.05) is 46.8 Å². The van der Waals surface area contributed by atoms with E-state index in [1.165, 1.54) is 0 Å². The summed E-state index contributed by atoms with van der Waals surface area (Å²) in [5, 5.41) is 2.95. The lowest BCUT2D eigenvalue weighted by atomic mass is 9.86. The lowest BCUT2D eigenvalue weighted by Crippen LogP contribution is -2.43. The van der Waals surface area contributed by atoms with E-state index < -0.39 is 11.8 Å². The predicted octanol–water partition coefficient (Wildman–Crippen LogP) is 3.61. The number of carbonyl (C=O) groups is 3. The first kappa shape index (κ1) is 20.9. The molecule has 1 aliphatic rings. The minimum absolute atomic E-state index is 0.0714. The third-order valence-electron chi connectivity index (χ3n) is 5.40. The molecule has 0 aromatic heterocycles. The number of rotatable bonds is 5. The summed E-state index contributed by atoms with van der Waals surface area (Å²) < 4.78 is 0. The summed E-state index contributed by atoms with van der Waals surface area (Å²) in [6, 6.07) is 3.84. The molecule has 0 bridgehead atoms. The van der Waals surface area contributed by atoms with Crippen LogP contribution in [0.4, 0.5) is 0 Å². The van der Waals surface area contributed by atoms with Gasteiger partial charge in [-0.1, -0.05) is 12.8 Å². The van der Waals surface area contributed by atoms with E-state index >= 15 is 0 Å². The third-order valence-corrected chi connectivity index (χ3v) is 5.40. The van der Waals surface area contributed by atoms with Gasteiger partial charge in [-0.15, -0.1) is 5.92 Å². The van der Waals surface area contributed by atoms with E-state index in [4.69, 9.17) is 0 Å². The Morgan fingerprint density at radius 3 is 2.33 bits per heavy atom. The Labute approximate surface area is 162 Å². The van der Waals surface area contributed by atoms with E-state index in [1.54, 1.807) is 6.92 Å². The molecule has 144 valence electrons. The van der Waals surface area contributed by atoms with Crippen molar-refractivity contribution in [3.05, 3.63) is 34.4 Å². The maximum atomic E-state index is 13.0. The van der Waals surface area contributed by atoms with Gasteiger partial charge >= 0.3 is 0 Å². The third kappa shape index (κ3) is 4.66. The van der Waals surface area contributed by atoms with Gasteiger partial charge in [-0.05, 0) is 69.9 Å². The molecule has 1 amide bonds. The molecule has 1 fully saturated rings. The van der Waals surface area contributed by atoms with Crippen LogP contribution in [0.5, 0.6) is 0 Å². The molecule has 4 nitrogen and oxygen atoms in total. The number of hydrogen-bond donors (Lipinski definition) is 1. The van der Waals surface area contributed by atoms with Crippen LogP contribution in [0.25, 0.3) is 0 Å². The van der Waals surface area contributed by atoms with E-state index in [2.05, 4.69) is 17.2 Å². The highest BCUT2D eigenvalue weighted by Gasteiger charge is 2.44. The van der Waals surface area contributed by atoms with Gasteiger partial charge in [0.15, 0.2) is 5.78 Å². The van der Waals surface area contributed by atoms with Gasteiger partial charge < -0.3 is 5.32 Å². The van der Waals surface area contributed by atoms with Crippen molar-refractivity contribution >= 4 is 17.5 Å². The molecule has 27 heavy (non-hydrogen) atoms. The summed E-state index contributed by atoms with van der Waals surface area (Å²) in [5.74, 6) is 4.20. The summed E-state index contributed by atoms with van der Waals surface area (Å²) in [4.78, 5) is 38.0. The Morgan fingerprint density at radius 1 is 1.22 bits per heavy atom. The number of benzene rings is 1. The Hall–Kier alpha value is -2.41. The van der Waals surface area contributed by atoms with Crippen molar-refractivity contribution in [1.29, 1.82) is 0 Å². The second-order valence-corrected chi connectivity index (χ2v) is 8.09. The average molecular weight is 367 g/mol. The predicted molar refractivity (Wildman–Crippen MR) is 106 cm³/mol. The molecule has 2 unspecified atom stereocenters. The fourth-order valence-corrected chi connectivity index (χ4v) is 3.72. The van der Waals surface area contributed by atoms with E-state index in [0.717, 1.165) is 28.7 Å². The summed E-state index contributed by atoms with van der Waals surface area (Å²) in [5.41, 5.74) is 3.15. The van der Waals surface area contributed by atoms with Gasteiger partial charge in [0, 0.05) is 29.9 Å². The van der Waals surface area contributed by atoms with Gasteiger partial charge in [0.2, 0.25) is 5.91 Å². The van der Waals surface area contributed by atoms with Crippen molar-refractivity contribution in [2.45, 2.75) is 72.3 Å². The average Bonchev–Trinajstić information content (AvgIpc) is 2.81. The molecule has 1 aliphatic carbocycles. The fraction of sp³-hybridized carbons (Fsp3) is 0.522. The highest BCUT2D eigenvalue weighted by molar-refractivity contribution is 6.15. The smallest absolute Gasteiger partial charge is 0.221 e. The van der Waals surface area contributed by atoms with Crippen LogP contribution in [0.3, 0.4) is 0 Å². The van der Waals surface area contributed by atoms with Crippen LogP contribution < -0.4 is 5.32 Å². The second-order valence-electron chi connectivity index (χ2n) is 8.09. The summed E-state index contributed by atoms with van der Waals surface area (Å²) >= 11 is 0. The molecule has 4 heteroatoms. The van der Waals surface area contributed by atoms with Crippen LogP contribution in [0.1, 0.15) is 75.1 Å². The highest BCUT2D eigenvalue weighted by atomic mass is 16.2. The number of nitrogens with one attached hydrogen (secondary N) is 1. The van der Waals surface area contributed by atoms with Crippen LogP contribution in [-0.4, -0.2) is 23.0 Å². The zero-order chi connectivity index (χ0) is 20.4. The van der Waals surface area contributed by atoms with Crippen LogP contribution in [0.15, 0.2) is 12.1 Å². The van der Waals surface area contributed by atoms with Crippen LogP contribution >= 0.6 is 0 Å². The molecule has 2 rings (SSSR count). The normalized spacial score (nSPS) is 19.6. The van der Waals surface area contributed by atoms with Crippen LogP contribution in [-0.2, 0) is 14.4 Å². The van der Waals surface area contributed by atoms with Gasteiger partial charge in [-0.3, -0.25) is 14.4 Å². The Kier molecular flexibility index (Phi) is 6.26. The monoisotopic (exact) mass is 367 g/mol. The first-order valence-electron chi connectivity index (χ1n) is 9.51. The zero-order valence-electron chi connectivity index (χ0n) is 17.2. The van der Waals surface area contributed by atoms with E-state index in [-0.39, 0.29) is 35.9 Å². The number of aryl methyl sites for hydroxylation is 2. The molecular weight excluding hydrogens is 338 g/mol. The molecule has 1 saturated carbocycles.